The third-order valence-corrected chi connectivity index (χ3v) is 3.78. The smallest absolute Gasteiger partial charge is 0.211 e. The number of sulfonamides is 1. The second-order valence-electron chi connectivity index (χ2n) is 3.70. The number of nitrogens with zero attached hydrogens (tertiary/aromatic N) is 3. The van der Waals surface area contributed by atoms with Gasteiger partial charge >= 0.3 is 0 Å². The number of oxime groups is 1. The average molecular weight is 249 g/mol. The minimum absolute atomic E-state index is 0.545. The quantitative estimate of drug-likeness (QED) is 0.377. The first kappa shape index (κ1) is 13.4. The molecule has 0 aromatic carbocycles. The minimum atomic E-state index is -3.03. The lowest BCUT2D eigenvalue weighted by molar-refractivity contribution is 0.0963. The van der Waals surface area contributed by atoms with Crippen molar-refractivity contribution < 1.29 is 13.3 Å². The Morgan fingerprint density at radius 2 is 1.94 bits per heavy atom. The molecule has 0 N–H and O–H groups in total. The third kappa shape index (κ3) is 4.46. The summed E-state index contributed by atoms with van der Waals surface area (Å²) in [6, 6.07) is 0. The summed E-state index contributed by atoms with van der Waals surface area (Å²) < 4.78 is 24.0. The number of rotatable bonds is 5. The topological polar surface area (TPSA) is 62.2 Å². The van der Waals surface area contributed by atoms with E-state index in [4.69, 9.17) is 4.84 Å². The highest BCUT2D eigenvalue weighted by atomic mass is 32.2. The van der Waals surface area contributed by atoms with Gasteiger partial charge in [-0.1, -0.05) is 5.16 Å². The Morgan fingerprint density at radius 3 is 2.44 bits per heavy atom. The van der Waals surface area contributed by atoms with Crippen LogP contribution in [0.5, 0.6) is 0 Å². The summed E-state index contributed by atoms with van der Waals surface area (Å²) in [5, 5.41) is 3.65. The molecule has 1 fully saturated rings. The molecule has 1 aliphatic heterocycles. The fraction of sp³-hybridized carbons (Fsp3) is 0.889. The Bertz CT molecular complexity index is 321. The summed E-state index contributed by atoms with van der Waals surface area (Å²) in [5.74, 6) is 0. The molecule has 0 bridgehead atoms. The standard InChI is InChI=1S/C9H19N3O3S/c1-3-10-15-9-8-11-4-6-12(7-5-11)16(2,13)14/h3H,4-9H2,1-2H3/b10-3+. The van der Waals surface area contributed by atoms with Crippen LogP contribution >= 0.6 is 0 Å². The molecule has 0 atom stereocenters. The fourth-order valence-corrected chi connectivity index (χ4v) is 2.41. The van der Waals surface area contributed by atoms with Crippen LogP contribution in [0.2, 0.25) is 0 Å². The van der Waals surface area contributed by atoms with Crippen LogP contribution in [-0.2, 0) is 14.9 Å². The second-order valence-corrected chi connectivity index (χ2v) is 5.68. The predicted molar refractivity (Wildman–Crippen MR) is 63.0 cm³/mol. The fourth-order valence-electron chi connectivity index (χ4n) is 1.58. The van der Waals surface area contributed by atoms with Gasteiger partial charge in [0.15, 0.2) is 0 Å². The Balaban J connectivity index is 2.22. The lowest BCUT2D eigenvalue weighted by Crippen LogP contribution is -2.48. The predicted octanol–water partition coefficient (Wildman–Crippen LogP) is -0.414. The molecular formula is C9H19N3O3S. The van der Waals surface area contributed by atoms with Crippen molar-refractivity contribution in [2.75, 3.05) is 45.6 Å². The first-order chi connectivity index (χ1) is 7.54. The van der Waals surface area contributed by atoms with E-state index >= 15 is 0 Å². The van der Waals surface area contributed by atoms with E-state index in [0.29, 0.717) is 19.7 Å². The first-order valence-corrected chi connectivity index (χ1v) is 7.16. The highest BCUT2D eigenvalue weighted by Crippen LogP contribution is 2.05. The summed E-state index contributed by atoms with van der Waals surface area (Å²) in [6.07, 6.45) is 2.85. The molecule has 0 aromatic rings. The van der Waals surface area contributed by atoms with E-state index in [9.17, 15) is 8.42 Å². The molecule has 0 saturated carbocycles. The Hall–Kier alpha value is -0.660. The lowest BCUT2D eigenvalue weighted by atomic mass is 10.4. The molecule has 0 spiro atoms. The summed E-state index contributed by atoms with van der Waals surface area (Å²) in [7, 11) is -3.03. The van der Waals surface area contributed by atoms with Gasteiger partial charge in [0.1, 0.15) is 6.61 Å². The molecule has 16 heavy (non-hydrogen) atoms. The van der Waals surface area contributed by atoms with E-state index in [0.717, 1.165) is 19.6 Å². The van der Waals surface area contributed by atoms with E-state index < -0.39 is 10.0 Å². The molecule has 1 aliphatic rings. The molecule has 0 aliphatic carbocycles. The normalized spacial score (nSPS) is 20.4. The number of hydrogen-bond acceptors (Lipinski definition) is 5. The number of piperazine rings is 1. The lowest BCUT2D eigenvalue weighted by Gasteiger charge is -2.32. The van der Waals surface area contributed by atoms with Crippen molar-refractivity contribution in [2.24, 2.45) is 5.16 Å². The monoisotopic (exact) mass is 249 g/mol. The molecule has 1 rings (SSSR count). The second kappa shape index (κ2) is 6.17. The van der Waals surface area contributed by atoms with Crippen LogP contribution in [0.15, 0.2) is 5.16 Å². The van der Waals surface area contributed by atoms with Gasteiger partial charge in [-0.25, -0.2) is 8.42 Å². The maximum Gasteiger partial charge on any atom is 0.211 e. The third-order valence-electron chi connectivity index (χ3n) is 2.48. The highest BCUT2D eigenvalue weighted by molar-refractivity contribution is 7.88. The molecule has 0 amide bonds. The molecule has 1 saturated heterocycles. The highest BCUT2D eigenvalue weighted by Gasteiger charge is 2.22. The van der Waals surface area contributed by atoms with Gasteiger partial charge in [0, 0.05) is 38.9 Å². The zero-order valence-corrected chi connectivity index (χ0v) is 10.6. The van der Waals surface area contributed by atoms with Gasteiger partial charge in [-0.3, -0.25) is 4.90 Å². The largest absolute Gasteiger partial charge is 0.395 e. The van der Waals surface area contributed by atoms with Crippen molar-refractivity contribution in [3.05, 3.63) is 0 Å². The zero-order valence-electron chi connectivity index (χ0n) is 9.79. The van der Waals surface area contributed by atoms with E-state index in [1.165, 1.54) is 10.6 Å². The summed E-state index contributed by atoms with van der Waals surface area (Å²) in [6.45, 7) is 5.77. The maximum absolute atomic E-state index is 11.3. The minimum Gasteiger partial charge on any atom is -0.395 e. The molecule has 1 heterocycles. The van der Waals surface area contributed by atoms with Gasteiger partial charge in [-0.15, -0.1) is 0 Å². The van der Waals surface area contributed by atoms with Gasteiger partial charge in [0.2, 0.25) is 10.0 Å². The van der Waals surface area contributed by atoms with Crippen LogP contribution in [0.25, 0.3) is 0 Å². The first-order valence-electron chi connectivity index (χ1n) is 5.31. The van der Waals surface area contributed by atoms with E-state index in [1.807, 2.05) is 0 Å². The molecular weight excluding hydrogens is 230 g/mol. The van der Waals surface area contributed by atoms with Crippen molar-refractivity contribution in [2.45, 2.75) is 6.92 Å². The molecule has 0 unspecified atom stereocenters. The van der Waals surface area contributed by atoms with Gasteiger partial charge in [-0.2, -0.15) is 4.31 Å². The van der Waals surface area contributed by atoms with E-state index in [1.54, 1.807) is 13.1 Å². The molecule has 0 radical (unpaired) electrons. The summed E-state index contributed by atoms with van der Waals surface area (Å²) in [5.41, 5.74) is 0. The van der Waals surface area contributed by atoms with Crippen LogP contribution in [0.3, 0.4) is 0 Å². The van der Waals surface area contributed by atoms with Gasteiger partial charge < -0.3 is 4.84 Å². The van der Waals surface area contributed by atoms with Crippen molar-refractivity contribution in [3.8, 4) is 0 Å². The zero-order chi connectivity index (χ0) is 12.0. The van der Waals surface area contributed by atoms with Gasteiger partial charge in [0.25, 0.3) is 0 Å². The Morgan fingerprint density at radius 1 is 1.31 bits per heavy atom. The van der Waals surface area contributed by atoms with Crippen molar-refractivity contribution in [3.63, 3.8) is 0 Å². The van der Waals surface area contributed by atoms with Gasteiger partial charge in [-0.05, 0) is 6.92 Å². The van der Waals surface area contributed by atoms with E-state index in [2.05, 4.69) is 10.1 Å². The molecule has 6 nitrogen and oxygen atoms in total. The van der Waals surface area contributed by atoms with Crippen LogP contribution in [-0.4, -0.2) is 69.4 Å². The Labute approximate surface area is 96.9 Å². The van der Waals surface area contributed by atoms with Crippen LogP contribution in [0.1, 0.15) is 6.92 Å². The summed E-state index contributed by atoms with van der Waals surface area (Å²) >= 11 is 0. The SMILES string of the molecule is C/C=N/OCCN1CCN(S(C)(=O)=O)CC1. The van der Waals surface area contributed by atoms with Crippen molar-refractivity contribution in [1.82, 2.24) is 9.21 Å². The summed E-state index contributed by atoms with van der Waals surface area (Å²) in [4.78, 5) is 7.15. The maximum atomic E-state index is 11.3. The number of hydrogen-bond donors (Lipinski definition) is 0. The molecule has 0 aromatic heterocycles. The van der Waals surface area contributed by atoms with Gasteiger partial charge in [0.05, 0.1) is 6.26 Å². The average Bonchev–Trinajstić information content (AvgIpc) is 2.24. The molecule has 94 valence electrons. The van der Waals surface area contributed by atoms with Crippen LogP contribution in [0.4, 0.5) is 0 Å². The van der Waals surface area contributed by atoms with Crippen LogP contribution < -0.4 is 0 Å². The van der Waals surface area contributed by atoms with Crippen molar-refractivity contribution >= 4 is 16.2 Å². The van der Waals surface area contributed by atoms with E-state index in [-0.39, 0.29) is 0 Å². The Kier molecular flexibility index (Phi) is 5.17. The van der Waals surface area contributed by atoms with Crippen molar-refractivity contribution in [1.29, 1.82) is 0 Å². The van der Waals surface area contributed by atoms with Crippen LogP contribution in [0, 0.1) is 0 Å². The molecule has 7 heteroatoms.